The lowest BCUT2D eigenvalue weighted by Gasteiger charge is -2.33. The third-order valence-electron chi connectivity index (χ3n) is 5.27. The fourth-order valence-corrected chi connectivity index (χ4v) is 7.67. The van der Waals surface area contributed by atoms with Gasteiger partial charge in [-0.3, -0.25) is 0 Å². The number of rotatable bonds is 5. The number of halogens is 2. The lowest BCUT2D eigenvalue weighted by Crippen LogP contribution is -2.45. The highest BCUT2D eigenvalue weighted by atomic mass is 79.9. The zero-order valence-corrected chi connectivity index (χ0v) is 19.8. The summed E-state index contributed by atoms with van der Waals surface area (Å²) in [4.78, 5) is 9.14. The number of fused-ring (bicyclic) bond motifs is 1. The maximum atomic E-state index is 13.4. The second kappa shape index (κ2) is 8.51. The van der Waals surface area contributed by atoms with Crippen LogP contribution in [0.25, 0.3) is 10.1 Å². The molecule has 1 unspecified atom stereocenters. The average Bonchev–Trinajstić information content (AvgIpc) is 3.05. The number of thiophene rings is 1. The van der Waals surface area contributed by atoms with Crippen molar-refractivity contribution in [2.75, 3.05) is 38.1 Å². The molecule has 0 bridgehead atoms. The predicted molar refractivity (Wildman–Crippen MR) is 122 cm³/mol. The number of sulfonamides is 1. The van der Waals surface area contributed by atoms with Crippen molar-refractivity contribution >= 4 is 53.2 Å². The topological polar surface area (TPSA) is 65.5 Å². The second-order valence-electron chi connectivity index (χ2n) is 7.40. The first-order chi connectivity index (χ1) is 14.3. The molecule has 0 spiro atoms. The van der Waals surface area contributed by atoms with Gasteiger partial charge in [0.15, 0.2) is 0 Å². The first-order valence-electron chi connectivity index (χ1n) is 9.54. The van der Waals surface area contributed by atoms with Crippen molar-refractivity contribution in [1.82, 2.24) is 14.6 Å². The zero-order valence-electron chi connectivity index (χ0n) is 16.6. The summed E-state index contributed by atoms with van der Waals surface area (Å²) < 4.78 is 44.2. The summed E-state index contributed by atoms with van der Waals surface area (Å²) in [5, 5.41) is 0.637. The predicted octanol–water partition coefficient (Wildman–Crippen LogP) is 3.99. The Kier molecular flexibility index (Phi) is 6.13. The van der Waals surface area contributed by atoms with Crippen LogP contribution in [-0.4, -0.2) is 51.5 Å². The van der Waals surface area contributed by atoms with Crippen LogP contribution in [0.3, 0.4) is 0 Å². The van der Waals surface area contributed by atoms with E-state index in [0.29, 0.717) is 20.6 Å². The molecule has 3 heterocycles. The Labute approximate surface area is 187 Å². The summed E-state index contributed by atoms with van der Waals surface area (Å²) in [5.74, 6) is 0.334. The Morgan fingerprint density at radius 2 is 1.83 bits per heavy atom. The van der Waals surface area contributed by atoms with Crippen LogP contribution in [0.4, 0.5) is 10.2 Å². The van der Waals surface area contributed by atoms with E-state index in [1.165, 1.54) is 23.5 Å². The van der Waals surface area contributed by atoms with Crippen LogP contribution in [0.15, 0.2) is 45.2 Å². The fraction of sp³-hybridized carbons (Fsp3) is 0.350. The second-order valence-corrected chi connectivity index (χ2v) is 11.4. The van der Waals surface area contributed by atoms with Crippen LogP contribution in [0.1, 0.15) is 18.5 Å². The molecule has 10 heteroatoms. The van der Waals surface area contributed by atoms with Crippen molar-refractivity contribution in [3.05, 3.63) is 51.7 Å². The molecule has 160 valence electrons. The number of benzene rings is 1. The first-order valence-corrected chi connectivity index (χ1v) is 12.6. The van der Waals surface area contributed by atoms with Crippen LogP contribution >= 0.6 is 27.3 Å². The maximum absolute atomic E-state index is 13.4. The molecule has 1 atom stereocenters. The van der Waals surface area contributed by atoms with E-state index in [2.05, 4.69) is 42.5 Å². The Hall–Kier alpha value is -1.59. The summed E-state index contributed by atoms with van der Waals surface area (Å²) in [5.41, 5.74) is 0.688. The van der Waals surface area contributed by atoms with E-state index in [1.54, 1.807) is 25.3 Å². The smallest absolute Gasteiger partial charge is 0.243 e. The summed E-state index contributed by atoms with van der Waals surface area (Å²) >= 11 is 4.84. The molecule has 1 aromatic carbocycles. The van der Waals surface area contributed by atoms with Crippen LogP contribution in [0, 0.1) is 5.82 Å². The molecule has 1 aliphatic heterocycles. The van der Waals surface area contributed by atoms with Crippen LogP contribution < -0.4 is 9.62 Å². The minimum atomic E-state index is -3.86. The molecule has 2 aromatic heterocycles. The lowest BCUT2D eigenvalue weighted by atomic mass is 10.1. The van der Waals surface area contributed by atoms with Gasteiger partial charge >= 0.3 is 0 Å². The number of pyridine rings is 1. The van der Waals surface area contributed by atoms with E-state index >= 15 is 0 Å². The molecule has 1 N–H and O–H groups in total. The van der Waals surface area contributed by atoms with E-state index in [-0.39, 0.29) is 10.7 Å². The van der Waals surface area contributed by atoms with Crippen molar-refractivity contribution in [2.45, 2.75) is 17.9 Å². The molecule has 1 aliphatic rings. The summed E-state index contributed by atoms with van der Waals surface area (Å²) in [7, 11) is -1.79. The molecule has 0 saturated carbocycles. The maximum Gasteiger partial charge on any atom is 0.243 e. The molecular weight excluding hydrogens is 491 g/mol. The quantitative estimate of drug-likeness (QED) is 0.559. The molecule has 6 nitrogen and oxygen atoms in total. The van der Waals surface area contributed by atoms with Crippen molar-refractivity contribution in [3.8, 4) is 0 Å². The summed E-state index contributed by atoms with van der Waals surface area (Å²) in [6.07, 6.45) is 1.73. The average molecular weight is 513 g/mol. The Morgan fingerprint density at radius 1 is 1.17 bits per heavy atom. The van der Waals surface area contributed by atoms with Crippen molar-refractivity contribution in [2.24, 2.45) is 0 Å². The van der Waals surface area contributed by atoms with Gasteiger partial charge in [-0.25, -0.2) is 22.5 Å². The van der Waals surface area contributed by atoms with Gasteiger partial charge in [0, 0.05) is 43.1 Å². The van der Waals surface area contributed by atoms with Crippen molar-refractivity contribution in [1.29, 1.82) is 0 Å². The minimum Gasteiger partial charge on any atom is -0.353 e. The molecule has 0 aliphatic carbocycles. The van der Waals surface area contributed by atoms with E-state index < -0.39 is 16.1 Å². The zero-order chi connectivity index (χ0) is 21.5. The standard InChI is InChI=1S/C20H22BrFN4O2S2/c1-13(14-3-5-15(22)6-4-14)24-30(27,28)18-17-16(29-19(18)21)7-8-23-20(17)26-11-9-25(2)10-12-26/h3-8,13,24H,9-12H2,1-2H3. The van der Waals surface area contributed by atoms with Gasteiger partial charge < -0.3 is 9.80 Å². The van der Waals surface area contributed by atoms with E-state index in [4.69, 9.17) is 0 Å². The molecule has 0 radical (unpaired) electrons. The molecule has 30 heavy (non-hydrogen) atoms. The highest BCUT2D eigenvalue weighted by Crippen LogP contribution is 2.42. The number of piperazine rings is 1. The van der Waals surface area contributed by atoms with Gasteiger partial charge in [0.05, 0.1) is 9.17 Å². The van der Waals surface area contributed by atoms with Gasteiger partial charge in [0.1, 0.15) is 16.5 Å². The monoisotopic (exact) mass is 512 g/mol. The summed E-state index contributed by atoms with van der Waals surface area (Å²) in [6.45, 7) is 5.10. The van der Waals surface area contributed by atoms with E-state index in [9.17, 15) is 12.8 Å². The Bertz CT molecular complexity index is 1160. The summed E-state index contributed by atoms with van der Waals surface area (Å²) in [6, 6.07) is 7.14. The van der Waals surface area contributed by atoms with Gasteiger partial charge in [0.25, 0.3) is 0 Å². The molecule has 1 saturated heterocycles. The third kappa shape index (κ3) is 4.24. The molecule has 1 fully saturated rings. The highest BCUT2D eigenvalue weighted by molar-refractivity contribution is 9.11. The number of hydrogen-bond acceptors (Lipinski definition) is 6. The number of aromatic nitrogens is 1. The number of nitrogens with one attached hydrogen (secondary N) is 1. The Morgan fingerprint density at radius 3 is 2.50 bits per heavy atom. The van der Waals surface area contributed by atoms with Crippen molar-refractivity contribution < 1.29 is 12.8 Å². The van der Waals surface area contributed by atoms with Gasteiger partial charge in [-0.1, -0.05) is 12.1 Å². The number of likely N-dealkylation sites (N-methyl/N-ethyl adjacent to an activating group) is 1. The Balaban J connectivity index is 1.74. The molecule has 4 rings (SSSR count). The van der Waals surface area contributed by atoms with Crippen LogP contribution in [0.5, 0.6) is 0 Å². The van der Waals surface area contributed by atoms with Gasteiger partial charge in [-0.15, -0.1) is 11.3 Å². The molecular formula is C20H22BrFN4O2S2. The molecule has 3 aromatic rings. The number of nitrogens with zero attached hydrogens (tertiary/aromatic N) is 3. The lowest BCUT2D eigenvalue weighted by molar-refractivity contribution is 0.312. The minimum absolute atomic E-state index is 0.207. The van der Waals surface area contributed by atoms with Crippen LogP contribution in [0.2, 0.25) is 0 Å². The highest BCUT2D eigenvalue weighted by Gasteiger charge is 2.30. The number of hydrogen-bond donors (Lipinski definition) is 1. The van der Waals surface area contributed by atoms with E-state index in [1.807, 2.05) is 6.07 Å². The van der Waals surface area contributed by atoms with Gasteiger partial charge in [-0.05, 0) is 53.7 Å². The van der Waals surface area contributed by atoms with Gasteiger partial charge in [-0.2, -0.15) is 0 Å². The van der Waals surface area contributed by atoms with E-state index in [0.717, 1.165) is 30.9 Å². The molecule has 0 amide bonds. The fourth-order valence-electron chi connectivity index (χ4n) is 3.58. The first kappa shape index (κ1) is 21.6. The number of anilines is 1. The van der Waals surface area contributed by atoms with Crippen LogP contribution in [-0.2, 0) is 10.0 Å². The third-order valence-corrected chi connectivity index (χ3v) is 9.10. The normalized spacial score (nSPS) is 16.9. The van der Waals surface area contributed by atoms with Gasteiger partial charge in [0.2, 0.25) is 10.0 Å². The SMILES string of the molecule is CC(NS(=O)(=O)c1c(Br)sc2ccnc(N3CCN(C)CC3)c12)c1ccc(F)cc1. The largest absolute Gasteiger partial charge is 0.353 e. The van der Waals surface area contributed by atoms with Crippen molar-refractivity contribution in [3.63, 3.8) is 0 Å².